The number of nitrogens with one attached hydrogen (secondary N) is 1. The van der Waals surface area contributed by atoms with Crippen LogP contribution in [0.2, 0.25) is 0 Å². The van der Waals surface area contributed by atoms with Crippen molar-refractivity contribution in [2.75, 3.05) is 13.2 Å². The van der Waals surface area contributed by atoms with Gasteiger partial charge in [0, 0.05) is 18.2 Å². The Labute approximate surface area is 117 Å². The average Bonchev–Trinajstić information content (AvgIpc) is 2.83. The molecular formula is C15H20F3NO. The zero-order chi connectivity index (χ0) is 14.8. The van der Waals surface area contributed by atoms with Gasteiger partial charge in [0.15, 0.2) is 11.6 Å². The fraction of sp³-hybridized carbons (Fsp3) is 0.600. The van der Waals surface area contributed by atoms with E-state index in [0.29, 0.717) is 19.2 Å². The molecule has 1 aliphatic rings. The monoisotopic (exact) mass is 287 g/mol. The van der Waals surface area contributed by atoms with Crippen LogP contribution in [0.4, 0.5) is 13.2 Å². The first-order chi connectivity index (χ1) is 9.48. The molecule has 0 aromatic heterocycles. The molecule has 1 aromatic rings. The Balaban J connectivity index is 2.38. The van der Waals surface area contributed by atoms with Gasteiger partial charge in [-0.25, -0.2) is 13.2 Å². The lowest BCUT2D eigenvalue weighted by Gasteiger charge is -2.34. The predicted octanol–water partition coefficient (Wildman–Crippen LogP) is 3.71. The Morgan fingerprint density at radius 2 is 1.95 bits per heavy atom. The summed E-state index contributed by atoms with van der Waals surface area (Å²) in [5, 5.41) is 3.20. The summed E-state index contributed by atoms with van der Waals surface area (Å²) in [6.07, 6.45) is 2.50. The molecule has 0 saturated carbocycles. The van der Waals surface area contributed by atoms with Crippen molar-refractivity contribution in [3.63, 3.8) is 0 Å². The molecule has 0 spiro atoms. The Morgan fingerprint density at radius 3 is 2.55 bits per heavy atom. The number of hydrogen-bond acceptors (Lipinski definition) is 2. The molecule has 112 valence electrons. The number of halogens is 3. The van der Waals surface area contributed by atoms with Crippen molar-refractivity contribution in [2.24, 2.45) is 0 Å². The second kappa shape index (κ2) is 6.14. The van der Waals surface area contributed by atoms with Crippen LogP contribution in [-0.2, 0) is 4.74 Å². The molecule has 20 heavy (non-hydrogen) atoms. The molecule has 1 aromatic carbocycles. The molecular weight excluding hydrogens is 267 g/mol. The first-order valence-corrected chi connectivity index (χ1v) is 6.99. The van der Waals surface area contributed by atoms with Gasteiger partial charge in [-0.1, -0.05) is 6.92 Å². The van der Waals surface area contributed by atoms with Crippen LogP contribution in [0, 0.1) is 17.5 Å². The van der Waals surface area contributed by atoms with Crippen LogP contribution >= 0.6 is 0 Å². The Hall–Kier alpha value is -1.07. The lowest BCUT2D eigenvalue weighted by atomic mass is 9.87. The summed E-state index contributed by atoms with van der Waals surface area (Å²) in [7, 11) is 0. The van der Waals surface area contributed by atoms with E-state index in [2.05, 4.69) is 5.32 Å². The number of rotatable bonds is 5. The van der Waals surface area contributed by atoms with Gasteiger partial charge in [0.2, 0.25) is 0 Å². The molecule has 1 heterocycles. The smallest absolute Gasteiger partial charge is 0.161 e. The molecule has 1 fully saturated rings. The topological polar surface area (TPSA) is 21.3 Å². The molecule has 0 aliphatic carbocycles. The maximum Gasteiger partial charge on any atom is 0.161 e. The maximum atomic E-state index is 14.0. The SMILES string of the molecule is CCCNC(c1cc(F)c(F)cc1F)C1(C)CCCO1. The minimum atomic E-state index is -1.17. The van der Waals surface area contributed by atoms with Gasteiger partial charge in [-0.3, -0.25) is 0 Å². The minimum Gasteiger partial charge on any atom is -0.373 e. The second-order valence-corrected chi connectivity index (χ2v) is 5.44. The first-order valence-electron chi connectivity index (χ1n) is 6.99. The van der Waals surface area contributed by atoms with E-state index in [1.807, 2.05) is 13.8 Å². The quantitative estimate of drug-likeness (QED) is 0.834. The van der Waals surface area contributed by atoms with Gasteiger partial charge in [-0.05, 0) is 38.8 Å². The van der Waals surface area contributed by atoms with Gasteiger partial charge < -0.3 is 10.1 Å². The summed E-state index contributed by atoms with van der Waals surface area (Å²) < 4.78 is 46.3. The van der Waals surface area contributed by atoms with Crippen LogP contribution in [0.25, 0.3) is 0 Å². The summed E-state index contributed by atoms with van der Waals surface area (Å²) in [5.41, 5.74) is -0.470. The first kappa shape index (κ1) is 15.3. The zero-order valence-corrected chi connectivity index (χ0v) is 11.8. The van der Waals surface area contributed by atoms with Crippen LogP contribution in [0.1, 0.15) is 44.7 Å². The van der Waals surface area contributed by atoms with E-state index < -0.39 is 29.1 Å². The summed E-state index contributed by atoms with van der Waals surface area (Å²) in [6.45, 7) is 5.13. The number of ether oxygens (including phenoxy) is 1. The van der Waals surface area contributed by atoms with E-state index in [1.165, 1.54) is 0 Å². The van der Waals surface area contributed by atoms with Crippen LogP contribution in [0.3, 0.4) is 0 Å². The molecule has 0 radical (unpaired) electrons. The van der Waals surface area contributed by atoms with E-state index in [-0.39, 0.29) is 5.56 Å². The van der Waals surface area contributed by atoms with Crippen LogP contribution < -0.4 is 5.32 Å². The third kappa shape index (κ3) is 2.99. The molecule has 2 nitrogen and oxygen atoms in total. The van der Waals surface area contributed by atoms with Crippen LogP contribution in [-0.4, -0.2) is 18.8 Å². The highest BCUT2D eigenvalue weighted by atomic mass is 19.2. The fourth-order valence-corrected chi connectivity index (χ4v) is 2.73. The van der Waals surface area contributed by atoms with Crippen LogP contribution in [0.5, 0.6) is 0 Å². The van der Waals surface area contributed by atoms with Crippen molar-refractivity contribution >= 4 is 0 Å². The second-order valence-electron chi connectivity index (χ2n) is 5.44. The van der Waals surface area contributed by atoms with Crippen molar-refractivity contribution in [3.05, 3.63) is 35.1 Å². The van der Waals surface area contributed by atoms with Gasteiger partial charge in [0.1, 0.15) is 5.82 Å². The number of hydrogen-bond donors (Lipinski definition) is 1. The highest BCUT2D eigenvalue weighted by molar-refractivity contribution is 5.26. The molecule has 2 rings (SSSR count). The largest absolute Gasteiger partial charge is 0.373 e. The molecule has 2 unspecified atom stereocenters. The third-order valence-corrected chi connectivity index (χ3v) is 3.81. The molecule has 0 bridgehead atoms. The van der Waals surface area contributed by atoms with E-state index in [4.69, 9.17) is 4.74 Å². The van der Waals surface area contributed by atoms with Crippen LogP contribution in [0.15, 0.2) is 12.1 Å². The van der Waals surface area contributed by atoms with Crippen molar-refractivity contribution in [1.29, 1.82) is 0 Å². The molecule has 1 aliphatic heterocycles. The van der Waals surface area contributed by atoms with Gasteiger partial charge in [-0.15, -0.1) is 0 Å². The van der Waals surface area contributed by atoms with Crippen molar-refractivity contribution in [2.45, 2.75) is 44.8 Å². The lowest BCUT2D eigenvalue weighted by Crippen LogP contribution is -2.42. The van der Waals surface area contributed by atoms with E-state index in [1.54, 1.807) is 0 Å². The van der Waals surface area contributed by atoms with Gasteiger partial charge >= 0.3 is 0 Å². The van der Waals surface area contributed by atoms with Gasteiger partial charge in [0.25, 0.3) is 0 Å². The molecule has 5 heteroatoms. The van der Waals surface area contributed by atoms with E-state index >= 15 is 0 Å². The minimum absolute atomic E-state index is 0.127. The van der Waals surface area contributed by atoms with Crippen molar-refractivity contribution < 1.29 is 17.9 Å². The summed E-state index contributed by atoms with van der Waals surface area (Å²) >= 11 is 0. The summed E-state index contributed by atoms with van der Waals surface area (Å²) in [4.78, 5) is 0. The van der Waals surface area contributed by atoms with Gasteiger partial charge in [0.05, 0.1) is 11.6 Å². The standard InChI is InChI=1S/C15H20F3NO/c1-3-6-19-14(15(2)5-4-7-20-15)10-8-12(17)13(18)9-11(10)16/h8-9,14,19H,3-7H2,1-2H3. The fourth-order valence-electron chi connectivity index (χ4n) is 2.73. The third-order valence-electron chi connectivity index (χ3n) is 3.81. The molecule has 1 N–H and O–H groups in total. The van der Waals surface area contributed by atoms with Gasteiger partial charge in [-0.2, -0.15) is 0 Å². The number of benzene rings is 1. The Bertz CT molecular complexity index is 472. The highest BCUT2D eigenvalue weighted by Gasteiger charge is 2.40. The Morgan fingerprint density at radius 1 is 1.25 bits per heavy atom. The lowest BCUT2D eigenvalue weighted by molar-refractivity contribution is -0.0135. The molecule has 0 amide bonds. The van der Waals surface area contributed by atoms with E-state index in [9.17, 15) is 13.2 Å². The predicted molar refractivity (Wildman–Crippen MR) is 70.9 cm³/mol. The van der Waals surface area contributed by atoms with Crippen molar-refractivity contribution in [3.8, 4) is 0 Å². The highest BCUT2D eigenvalue weighted by Crippen LogP contribution is 2.38. The molecule has 1 saturated heterocycles. The molecule has 2 atom stereocenters. The zero-order valence-electron chi connectivity index (χ0n) is 11.8. The summed E-state index contributed by atoms with van der Waals surface area (Å²) in [6, 6.07) is 1.05. The van der Waals surface area contributed by atoms with Crippen molar-refractivity contribution in [1.82, 2.24) is 5.32 Å². The maximum absolute atomic E-state index is 14.0. The van der Waals surface area contributed by atoms with E-state index in [0.717, 1.165) is 25.3 Å². The summed E-state index contributed by atoms with van der Waals surface area (Å²) in [5.74, 6) is -2.95. The normalized spacial score (nSPS) is 24.1. The average molecular weight is 287 g/mol. The Kier molecular flexibility index (Phi) is 4.70.